The first-order chi connectivity index (χ1) is 15.0. The lowest BCUT2D eigenvalue weighted by atomic mass is 10.0. The average molecular weight is 449 g/mol. The summed E-state index contributed by atoms with van der Waals surface area (Å²) in [7, 11) is 0. The minimum atomic E-state index is -1.04. The third-order valence-electron chi connectivity index (χ3n) is 5.84. The number of thioether (sulfide) groups is 1. The minimum Gasteiger partial charge on any atom is -0.311 e. The molecule has 0 aliphatic carbocycles. The summed E-state index contributed by atoms with van der Waals surface area (Å²) in [5, 5.41) is 0.506. The van der Waals surface area contributed by atoms with Crippen molar-refractivity contribution in [1.82, 2.24) is 4.90 Å². The summed E-state index contributed by atoms with van der Waals surface area (Å²) in [4.78, 5) is 30.0. The van der Waals surface area contributed by atoms with Crippen molar-refractivity contribution in [2.24, 2.45) is 0 Å². The predicted molar refractivity (Wildman–Crippen MR) is 125 cm³/mol. The molecule has 3 aromatic rings. The topological polar surface area (TPSA) is 40.6 Å². The van der Waals surface area contributed by atoms with E-state index < -0.39 is 4.87 Å². The number of fused-ring (bicyclic) bond motifs is 2. The Morgan fingerprint density at radius 1 is 1.06 bits per heavy atom. The first kappa shape index (κ1) is 20.2. The van der Waals surface area contributed by atoms with E-state index in [0.29, 0.717) is 29.4 Å². The second-order valence-electron chi connectivity index (χ2n) is 7.86. The van der Waals surface area contributed by atoms with Gasteiger partial charge in [-0.25, -0.2) is 0 Å². The molecule has 31 heavy (non-hydrogen) atoms. The van der Waals surface area contributed by atoms with E-state index in [0.717, 1.165) is 22.4 Å². The molecule has 5 rings (SSSR count). The molecule has 2 amide bonds. The molecular formula is C25H21ClN2O2S. The largest absolute Gasteiger partial charge is 0.311 e. The number of para-hydroxylation sites is 1. The Labute approximate surface area is 190 Å². The first-order valence-electron chi connectivity index (χ1n) is 10.2. The number of hydrogen-bond donors (Lipinski definition) is 0. The van der Waals surface area contributed by atoms with Crippen molar-refractivity contribution in [1.29, 1.82) is 0 Å². The van der Waals surface area contributed by atoms with Crippen molar-refractivity contribution < 1.29 is 9.59 Å². The first-order valence-corrected chi connectivity index (χ1v) is 11.6. The van der Waals surface area contributed by atoms with Crippen LogP contribution in [-0.4, -0.2) is 29.0 Å². The van der Waals surface area contributed by atoms with Crippen molar-refractivity contribution >= 4 is 40.9 Å². The summed E-state index contributed by atoms with van der Waals surface area (Å²) >= 11 is 7.67. The number of hydrogen-bond acceptors (Lipinski definition) is 3. The van der Waals surface area contributed by atoms with Gasteiger partial charge in [-0.05, 0) is 36.8 Å². The summed E-state index contributed by atoms with van der Waals surface area (Å²) in [6.07, 6.45) is 0. The Morgan fingerprint density at radius 3 is 2.68 bits per heavy atom. The van der Waals surface area contributed by atoms with Gasteiger partial charge in [-0.3, -0.25) is 9.59 Å². The maximum atomic E-state index is 14.0. The Kier molecular flexibility index (Phi) is 5.03. The minimum absolute atomic E-state index is 0.0620. The highest BCUT2D eigenvalue weighted by Gasteiger charge is 2.59. The maximum absolute atomic E-state index is 14.0. The predicted octanol–water partition coefficient (Wildman–Crippen LogP) is 5.24. The summed E-state index contributed by atoms with van der Waals surface area (Å²) in [5.74, 6) is 0.464. The second-order valence-corrected chi connectivity index (χ2v) is 9.58. The van der Waals surface area contributed by atoms with Gasteiger partial charge in [-0.1, -0.05) is 65.7 Å². The Hall–Kier alpha value is -2.76. The van der Waals surface area contributed by atoms with Crippen LogP contribution in [0.15, 0.2) is 72.8 Å². The van der Waals surface area contributed by atoms with Crippen LogP contribution in [0, 0.1) is 6.92 Å². The number of carbonyl (C=O) groups is 2. The molecule has 2 heterocycles. The van der Waals surface area contributed by atoms with E-state index in [1.807, 2.05) is 54.3 Å². The molecule has 0 unspecified atom stereocenters. The molecular weight excluding hydrogens is 428 g/mol. The van der Waals surface area contributed by atoms with Gasteiger partial charge in [0.1, 0.15) is 0 Å². The zero-order valence-corrected chi connectivity index (χ0v) is 18.6. The highest BCUT2D eigenvalue weighted by Crippen LogP contribution is 2.54. The molecule has 0 radical (unpaired) electrons. The van der Waals surface area contributed by atoms with Crippen molar-refractivity contribution in [3.05, 3.63) is 100 Å². The van der Waals surface area contributed by atoms with Gasteiger partial charge < -0.3 is 9.80 Å². The van der Waals surface area contributed by atoms with E-state index in [1.54, 1.807) is 29.2 Å². The molecule has 0 aromatic heterocycles. The highest BCUT2D eigenvalue weighted by atomic mass is 35.5. The van der Waals surface area contributed by atoms with Crippen LogP contribution in [0.4, 0.5) is 5.69 Å². The molecule has 3 aromatic carbocycles. The Bertz CT molecular complexity index is 1200. The number of rotatable bonds is 3. The standard InChI is InChI=1S/C25H21ClN2O2S/c1-17-6-4-7-18(14-17)16-27-22-11-3-2-10-21(22)25(24(27)30)28(12-13-31-25)23(29)19-8-5-9-20(26)15-19/h2-11,14-15H,12-13,16H2,1H3/t25-/m0/s1. The summed E-state index contributed by atoms with van der Waals surface area (Å²) < 4.78 is 0. The molecule has 2 aliphatic rings. The van der Waals surface area contributed by atoms with Crippen molar-refractivity contribution in [3.8, 4) is 0 Å². The maximum Gasteiger partial charge on any atom is 0.268 e. The van der Waals surface area contributed by atoms with Gasteiger partial charge in [0.15, 0.2) is 4.87 Å². The molecule has 156 valence electrons. The lowest BCUT2D eigenvalue weighted by molar-refractivity contribution is -0.123. The monoisotopic (exact) mass is 448 g/mol. The molecule has 2 aliphatic heterocycles. The van der Waals surface area contributed by atoms with Crippen LogP contribution in [0.5, 0.6) is 0 Å². The Morgan fingerprint density at radius 2 is 1.87 bits per heavy atom. The van der Waals surface area contributed by atoms with Crippen molar-refractivity contribution in [3.63, 3.8) is 0 Å². The zero-order chi connectivity index (χ0) is 21.6. The zero-order valence-electron chi connectivity index (χ0n) is 17.0. The van der Waals surface area contributed by atoms with Gasteiger partial charge >= 0.3 is 0 Å². The lowest BCUT2D eigenvalue weighted by Crippen LogP contribution is -2.50. The van der Waals surface area contributed by atoms with E-state index in [2.05, 4.69) is 6.07 Å². The van der Waals surface area contributed by atoms with Crippen molar-refractivity contribution in [2.45, 2.75) is 18.3 Å². The summed E-state index contributed by atoms with van der Waals surface area (Å²) in [6.45, 7) is 3.02. The molecule has 1 spiro atoms. The van der Waals surface area contributed by atoms with Gasteiger partial charge in [0.2, 0.25) is 0 Å². The van der Waals surface area contributed by atoms with E-state index >= 15 is 0 Å². The lowest BCUT2D eigenvalue weighted by Gasteiger charge is -2.33. The normalized spacial score (nSPS) is 19.9. The van der Waals surface area contributed by atoms with Crippen LogP contribution in [0.3, 0.4) is 0 Å². The molecule has 6 heteroatoms. The van der Waals surface area contributed by atoms with Crippen LogP contribution >= 0.6 is 23.4 Å². The van der Waals surface area contributed by atoms with Gasteiger partial charge in [0.05, 0.1) is 12.2 Å². The Balaban J connectivity index is 1.58. The number of aryl methyl sites for hydroxylation is 1. The number of carbonyl (C=O) groups excluding carboxylic acids is 2. The summed E-state index contributed by atoms with van der Waals surface area (Å²) in [5.41, 5.74) is 4.46. The van der Waals surface area contributed by atoms with Crippen LogP contribution in [-0.2, 0) is 16.2 Å². The third kappa shape index (κ3) is 3.24. The smallest absolute Gasteiger partial charge is 0.268 e. The number of halogens is 1. The van der Waals surface area contributed by atoms with Gasteiger partial charge in [0.25, 0.3) is 11.8 Å². The number of benzene rings is 3. The van der Waals surface area contributed by atoms with Crippen LogP contribution < -0.4 is 4.90 Å². The van der Waals surface area contributed by atoms with E-state index in [4.69, 9.17) is 11.6 Å². The van der Waals surface area contributed by atoms with Crippen molar-refractivity contribution in [2.75, 3.05) is 17.2 Å². The van der Waals surface area contributed by atoms with Crippen LogP contribution in [0.25, 0.3) is 0 Å². The fourth-order valence-corrected chi connectivity index (χ4v) is 6.15. The molecule has 1 fully saturated rings. The van der Waals surface area contributed by atoms with Gasteiger partial charge in [-0.2, -0.15) is 0 Å². The van der Waals surface area contributed by atoms with Gasteiger partial charge in [0, 0.05) is 28.4 Å². The molecule has 0 saturated carbocycles. The number of amides is 2. The average Bonchev–Trinajstić information content (AvgIpc) is 3.31. The molecule has 4 nitrogen and oxygen atoms in total. The van der Waals surface area contributed by atoms with Gasteiger partial charge in [-0.15, -0.1) is 11.8 Å². The van der Waals surface area contributed by atoms with Crippen LogP contribution in [0.2, 0.25) is 5.02 Å². The fourth-order valence-electron chi connectivity index (χ4n) is 4.50. The molecule has 1 atom stereocenters. The van der Waals surface area contributed by atoms with E-state index in [-0.39, 0.29) is 11.8 Å². The molecule has 1 saturated heterocycles. The van der Waals surface area contributed by atoms with E-state index in [1.165, 1.54) is 11.8 Å². The quantitative estimate of drug-likeness (QED) is 0.550. The number of anilines is 1. The van der Waals surface area contributed by atoms with Crippen LogP contribution in [0.1, 0.15) is 27.0 Å². The fraction of sp³-hybridized carbons (Fsp3) is 0.200. The SMILES string of the molecule is Cc1cccc(CN2C(=O)[C@@]3(SCCN3C(=O)c3cccc(Cl)c3)c3ccccc32)c1. The summed E-state index contributed by atoms with van der Waals surface area (Å²) in [6, 6.07) is 22.9. The second kappa shape index (κ2) is 7.74. The number of nitrogens with zero attached hydrogens (tertiary/aromatic N) is 2. The third-order valence-corrected chi connectivity index (χ3v) is 7.50. The highest BCUT2D eigenvalue weighted by molar-refractivity contribution is 8.01. The molecule has 0 bridgehead atoms. The van der Waals surface area contributed by atoms with E-state index in [9.17, 15) is 9.59 Å². The molecule has 0 N–H and O–H groups in total.